The normalized spacial score (nSPS) is 13.2. The Bertz CT molecular complexity index is 319. The molecule has 1 N–H and O–H groups in total. The van der Waals surface area contributed by atoms with Crippen molar-refractivity contribution in [3.63, 3.8) is 0 Å². The SMILES string of the molecule is CCCCCC(Cc1ncnn1CC(C)C)NC. The first-order valence-electron chi connectivity index (χ1n) is 7.21. The summed E-state index contributed by atoms with van der Waals surface area (Å²) in [6.07, 6.45) is 7.76. The topological polar surface area (TPSA) is 42.7 Å². The molecule has 0 saturated heterocycles. The average Bonchev–Trinajstić information content (AvgIpc) is 2.74. The van der Waals surface area contributed by atoms with Crippen LogP contribution in [0.5, 0.6) is 0 Å². The van der Waals surface area contributed by atoms with Crippen LogP contribution in [0.15, 0.2) is 6.33 Å². The summed E-state index contributed by atoms with van der Waals surface area (Å²) in [6, 6.07) is 0.520. The highest BCUT2D eigenvalue weighted by Crippen LogP contribution is 2.09. The minimum Gasteiger partial charge on any atom is -0.317 e. The Kier molecular flexibility index (Phi) is 6.94. The summed E-state index contributed by atoms with van der Waals surface area (Å²) in [7, 11) is 2.04. The third-order valence-corrected chi connectivity index (χ3v) is 3.23. The number of nitrogens with zero attached hydrogens (tertiary/aromatic N) is 3. The Morgan fingerprint density at radius 1 is 1.33 bits per heavy atom. The van der Waals surface area contributed by atoms with E-state index in [1.165, 1.54) is 25.7 Å². The molecule has 0 fully saturated rings. The molecule has 0 aliphatic rings. The largest absolute Gasteiger partial charge is 0.317 e. The highest BCUT2D eigenvalue weighted by Gasteiger charge is 2.12. The van der Waals surface area contributed by atoms with Gasteiger partial charge in [-0.15, -0.1) is 0 Å². The summed E-state index contributed by atoms with van der Waals surface area (Å²) in [4.78, 5) is 4.40. The molecule has 1 unspecified atom stereocenters. The van der Waals surface area contributed by atoms with Crippen LogP contribution in [0.2, 0.25) is 0 Å². The first-order chi connectivity index (χ1) is 8.67. The molecule has 4 heteroatoms. The van der Waals surface area contributed by atoms with Gasteiger partial charge < -0.3 is 5.32 Å². The van der Waals surface area contributed by atoms with Crippen LogP contribution in [0.4, 0.5) is 0 Å². The molecule has 18 heavy (non-hydrogen) atoms. The van der Waals surface area contributed by atoms with E-state index in [1.807, 2.05) is 7.05 Å². The molecule has 0 radical (unpaired) electrons. The number of hydrogen-bond donors (Lipinski definition) is 1. The number of likely N-dealkylation sites (N-methyl/N-ethyl adjacent to an activating group) is 1. The predicted molar refractivity (Wildman–Crippen MR) is 75.6 cm³/mol. The minimum atomic E-state index is 0.520. The molecule has 1 aromatic rings. The maximum atomic E-state index is 4.40. The third-order valence-electron chi connectivity index (χ3n) is 3.23. The van der Waals surface area contributed by atoms with E-state index in [4.69, 9.17) is 0 Å². The van der Waals surface area contributed by atoms with E-state index in [-0.39, 0.29) is 0 Å². The molecule has 0 aromatic carbocycles. The van der Waals surface area contributed by atoms with Crippen molar-refractivity contribution < 1.29 is 0 Å². The lowest BCUT2D eigenvalue weighted by molar-refractivity contribution is 0.433. The Balaban J connectivity index is 2.50. The van der Waals surface area contributed by atoms with Crippen LogP contribution in [0.25, 0.3) is 0 Å². The molecule has 0 aliphatic carbocycles. The van der Waals surface area contributed by atoms with Crippen molar-refractivity contribution in [2.45, 2.75) is 65.5 Å². The van der Waals surface area contributed by atoms with Gasteiger partial charge in [-0.05, 0) is 19.4 Å². The summed E-state index contributed by atoms with van der Waals surface area (Å²) in [6.45, 7) is 7.62. The van der Waals surface area contributed by atoms with Gasteiger partial charge in [-0.3, -0.25) is 0 Å². The lowest BCUT2D eigenvalue weighted by Crippen LogP contribution is -2.29. The Morgan fingerprint density at radius 3 is 2.72 bits per heavy atom. The van der Waals surface area contributed by atoms with E-state index in [2.05, 4.69) is 40.9 Å². The Labute approximate surface area is 111 Å². The van der Waals surface area contributed by atoms with Crippen molar-refractivity contribution in [1.29, 1.82) is 0 Å². The monoisotopic (exact) mass is 252 g/mol. The van der Waals surface area contributed by atoms with Crippen LogP contribution in [-0.4, -0.2) is 27.9 Å². The van der Waals surface area contributed by atoms with Crippen LogP contribution in [-0.2, 0) is 13.0 Å². The van der Waals surface area contributed by atoms with Gasteiger partial charge in [-0.25, -0.2) is 9.67 Å². The minimum absolute atomic E-state index is 0.520. The van der Waals surface area contributed by atoms with E-state index in [0.717, 1.165) is 18.8 Å². The van der Waals surface area contributed by atoms with Crippen LogP contribution >= 0.6 is 0 Å². The molecule has 1 atom stereocenters. The summed E-state index contributed by atoms with van der Waals surface area (Å²) in [5.41, 5.74) is 0. The molecule has 1 aromatic heterocycles. The first-order valence-corrected chi connectivity index (χ1v) is 7.21. The van der Waals surface area contributed by atoms with Crippen LogP contribution in [0, 0.1) is 5.92 Å². The second kappa shape index (κ2) is 8.25. The molecule has 1 rings (SSSR count). The Hall–Kier alpha value is -0.900. The van der Waals surface area contributed by atoms with E-state index < -0.39 is 0 Å². The van der Waals surface area contributed by atoms with Gasteiger partial charge in [0, 0.05) is 19.0 Å². The number of unbranched alkanes of at least 4 members (excludes halogenated alkanes) is 2. The molecule has 0 saturated carbocycles. The molecule has 0 aliphatic heterocycles. The van der Waals surface area contributed by atoms with Crippen molar-refractivity contribution in [1.82, 2.24) is 20.1 Å². The van der Waals surface area contributed by atoms with E-state index >= 15 is 0 Å². The highest BCUT2D eigenvalue weighted by molar-refractivity contribution is 4.89. The van der Waals surface area contributed by atoms with Gasteiger partial charge in [0.1, 0.15) is 12.2 Å². The fraction of sp³-hybridized carbons (Fsp3) is 0.857. The van der Waals surface area contributed by atoms with Gasteiger partial charge in [0.05, 0.1) is 0 Å². The van der Waals surface area contributed by atoms with Gasteiger partial charge in [-0.2, -0.15) is 5.10 Å². The maximum Gasteiger partial charge on any atom is 0.138 e. The summed E-state index contributed by atoms with van der Waals surface area (Å²) < 4.78 is 2.05. The molecule has 1 heterocycles. The van der Waals surface area contributed by atoms with Crippen molar-refractivity contribution in [2.24, 2.45) is 5.92 Å². The zero-order chi connectivity index (χ0) is 13.4. The zero-order valence-electron chi connectivity index (χ0n) is 12.3. The molecule has 0 bridgehead atoms. The standard InChI is InChI=1S/C14H28N4/c1-5-6-7-8-13(15-4)9-14-16-11-17-18(14)10-12(2)3/h11-13,15H,5-10H2,1-4H3. The van der Waals surface area contributed by atoms with Crippen molar-refractivity contribution in [3.05, 3.63) is 12.2 Å². The number of rotatable bonds is 9. The van der Waals surface area contributed by atoms with E-state index in [9.17, 15) is 0 Å². The fourth-order valence-electron chi connectivity index (χ4n) is 2.15. The highest BCUT2D eigenvalue weighted by atomic mass is 15.3. The fourth-order valence-corrected chi connectivity index (χ4v) is 2.15. The molecular weight excluding hydrogens is 224 g/mol. The van der Waals surface area contributed by atoms with Crippen LogP contribution in [0.1, 0.15) is 52.3 Å². The van der Waals surface area contributed by atoms with Gasteiger partial charge in [0.15, 0.2) is 0 Å². The molecule has 104 valence electrons. The smallest absolute Gasteiger partial charge is 0.138 e. The van der Waals surface area contributed by atoms with Crippen molar-refractivity contribution >= 4 is 0 Å². The van der Waals surface area contributed by atoms with E-state index in [0.29, 0.717) is 12.0 Å². The van der Waals surface area contributed by atoms with Crippen LogP contribution in [0.3, 0.4) is 0 Å². The van der Waals surface area contributed by atoms with Crippen molar-refractivity contribution in [3.8, 4) is 0 Å². The van der Waals surface area contributed by atoms with Gasteiger partial charge >= 0.3 is 0 Å². The number of aromatic nitrogens is 3. The van der Waals surface area contributed by atoms with Gasteiger partial charge in [-0.1, -0.05) is 40.0 Å². The van der Waals surface area contributed by atoms with E-state index in [1.54, 1.807) is 6.33 Å². The second-order valence-electron chi connectivity index (χ2n) is 5.44. The first kappa shape index (κ1) is 15.2. The zero-order valence-corrected chi connectivity index (χ0v) is 12.3. The third kappa shape index (κ3) is 5.17. The number of nitrogens with one attached hydrogen (secondary N) is 1. The van der Waals surface area contributed by atoms with Crippen LogP contribution < -0.4 is 5.32 Å². The summed E-state index contributed by atoms with van der Waals surface area (Å²) in [5, 5.41) is 7.72. The summed E-state index contributed by atoms with van der Waals surface area (Å²) in [5.74, 6) is 1.72. The molecular formula is C14H28N4. The van der Waals surface area contributed by atoms with Crippen molar-refractivity contribution in [2.75, 3.05) is 7.05 Å². The molecule has 0 spiro atoms. The van der Waals surface area contributed by atoms with Gasteiger partial charge in [0.2, 0.25) is 0 Å². The summed E-state index contributed by atoms with van der Waals surface area (Å²) >= 11 is 0. The molecule has 4 nitrogen and oxygen atoms in total. The van der Waals surface area contributed by atoms with Gasteiger partial charge in [0.25, 0.3) is 0 Å². The quantitative estimate of drug-likeness (QED) is 0.687. The second-order valence-corrected chi connectivity index (χ2v) is 5.44. The average molecular weight is 252 g/mol. The number of hydrogen-bond acceptors (Lipinski definition) is 3. The lowest BCUT2D eigenvalue weighted by Gasteiger charge is -2.16. The maximum absolute atomic E-state index is 4.40. The lowest BCUT2D eigenvalue weighted by atomic mass is 10.1. The predicted octanol–water partition coefficient (Wildman–Crippen LogP) is 2.64. The molecule has 0 amide bonds. The Morgan fingerprint density at radius 2 is 2.11 bits per heavy atom.